The number of likely N-dealkylation sites (tertiary alicyclic amines) is 1. The third kappa shape index (κ3) is 5.07. The maximum Gasteiger partial charge on any atom is 0.310 e. The maximum absolute atomic E-state index is 14.6. The molecule has 3 fully saturated rings. The molecule has 1 spiro atoms. The number of hydrogen-bond acceptors (Lipinski definition) is 7. The van der Waals surface area contributed by atoms with Crippen LogP contribution in [0.2, 0.25) is 0 Å². The van der Waals surface area contributed by atoms with Crippen molar-refractivity contribution >= 4 is 40.9 Å². The molecular formula is C31H43N3O5S. The zero-order chi connectivity index (χ0) is 29.0. The fraction of sp³-hybridized carbons (Fsp3) is 0.581. The second kappa shape index (κ2) is 12.8. The molecule has 0 radical (unpaired) electrons. The minimum Gasteiger partial charge on any atom is -0.465 e. The lowest BCUT2D eigenvalue weighted by molar-refractivity contribution is -0.154. The number of aliphatic hydroxyl groups excluding tert-OH is 1. The van der Waals surface area contributed by atoms with E-state index in [0.717, 1.165) is 30.9 Å². The molecule has 1 aromatic rings. The molecule has 40 heavy (non-hydrogen) atoms. The Hall–Kier alpha value is -2.78. The van der Waals surface area contributed by atoms with Crippen LogP contribution < -0.4 is 9.80 Å². The topological polar surface area (TPSA) is 90.4 Å². The lowest BCUT2D eigenvalue weighted by atomic mass is 9.66. The minimum atomic E-state index is -0.755. The highest BCUT2D eigenvalue weighted by Crippen LogP contribution is 2.68. The van der Waals surface area contributed by atoms with Gasteiger partial charge in [-0.05, 0) is 63.3 Å². The number of carbonyl (C=O) groups excluding carboxylic acids is 3. The van der Waals surface area contributed by atoms with Crippen molar-refractivity contribution in [3.05, 3.63) is 49.6 Å². The van der Waals surface area contributed by atoms with Gasteiger partial charge >= 0.3 is 5.97 Å². The van der Waals surface area contributed by atoms with E-state index in [0.29, 0.717) is 12.8 Å². The first-order valence-electron chi connectivity index (χ1n) is 14.4. The van der Waals surface area contributed by atoms with Gasteiger partial charge < -0.3 is 24.5 Å². The molecule has 218 valence electrons. The van der Waals surface area contributed by atoms with Gasteiger partial charge in [-0.15, -0.1) is 24.9 Å². The van der Waals surface area contributed by atoms with Crippen LogP contribution in [0.4, 0.5) is 11.4 Å². The van der Waals surface area contributed by atoms with Crippen molar-refractivity contribution in [1.82, 2.24) is 4.90 Å². The van der Waals surface area contributed by atoms with Crippen LogP contribution in [0.3, 0.4) is 0 Å². The van der Waals surface area contributed by atoms with Gasteiger partial charge in [0.1, 0.15) is 6.04 Å². The van der Waals surface area contributed by atoms with Gasteiger partial charge in [-0.25, -0.2) is 0 Å². The second-order valence-corrected chi connectivity index (χ2v) is 12.4. The van der Waals surface area contributed by atoms with Crippen molar-refractivity contribution in [2.45, 2.75) is 56.1 Å². The Kier molecular flexibility index (Phi) is 9.67. The molecule has 1 aromatic carbocycles. The predicted octanol–water partition coefficient (Wildman–Crippen LogP) is 3.89. The van der Waals surface area contributed by atoms with E-state index in [1.54, 1.807) is 33.7 Å². The molecule has 2 amide bonds. The number of rotatable bonds is 14. The summed E-state index contributed by atoms with van der Waals surface area (Å²) >= 11 is 1.63. The number of nitrogens with zero attached hydrogens (tertiary/aromatic N) is 3. The molecule has 3 unspecified atom stereocenters. The Balaban J connectivity index is 1.72. The van der Waals surface area contributed by atoms with E-state index >= 15 is 0 Å². The number of carbonyl (C=O) groups is 3. The summed E-state index contributed by atoms with van der Waals surface area (Å²) in [6, 6.07) is 7.17. The van der Waals surface area contributed by atoms with Gasteiger partial charge in [0.2, 0.25) is 5.91 Å². The van der Waals surface area contributed by atoms with Crippen molar-refractivity contribution in [1.29, 1.82) is 0 Å². The molecule has 2 bridgehead atoms. The van der Waals surface area contributed by atoms with Crippen LogP contribution in [0.1, 0.15) is 40.0 Å². The van der Waals surface area contributed by atoms with Gasteiger partial charge in [0.25, 0.3) is 5.91 Å². The van der Waals surface area contributed by atoms with Crippen LogP contribution in [0.25, 0.3) is 0 Å². The van der Waals surface area contributed by atoms with E-state index in [9.17, 15) is 19.5 Å². The summed E-state index contributed by atoms with van der Waals surface area (Å²) in [5, 5.41) is 9.56. The van der Waals surface area contributed by atoms with Gasteiger partial charge in [0, 0.05) is 49.4 Å². The highest BCUT2D eigenvalue weighted by atomic mass is 32.2. The molecule has 8 nitrogen and oxygen atoms in total. The molecule has 0 aliphatic carbocycles. The Morgan fingerprint density at radius 1 is 1.18 bits per heavy atom. The quantitative estimate of drug-likeness (QED) is 0.207. The van der Waals surface area contributed by atoms with Gasteiger partial charge in [0.05, 0.1) is 23.2 Å². The van der Waals surface area contributed by atoms with Crippen molar-refractivity contribution < 1.29 is 24.2 Å². The molecule has 0 aromatic heterocycles. The summed E-state index contributed by atoms with van der Waals surface area (Å²) in [4.78, 5) is 47.6. The molecule has 9 heteroatoms. The number of hydrogen-bond donors (Lipinski definition) is 1. The molecule has 6 atom stereocenters. The van der Waals surface area contributed by atoms with Crippen molar-refractivity contribution in [2.24, 2.45) is 17.8 Å². The average molecular weight is 570 g/mol. The normalized spacial score (nSPS) is 28.4. The summed E-state index contributed by atoms with van der Waals surface area (Å²) in [6.45, 7) is 16.3. The van der Waals surface area contributed by atoms with E-state index in [1.165, 1.54) is 0 Å². The average Bonchev–Trinajstić information content (AvgIpc) is 3.55. The van der Waals surface area contributed by atoms with Gasteiger partial charge in [0.15, 0.2) is 0 Å². The van der Waals surface area contributed by atoms with Crippen LogP contribution in [-0.2, 0) is 19.1 Å². The number of fused-ring (bicyclic) bond motifs is 1. The van der Waals surface area contributed by atoms with Crippen LogP contribution >= 0.6 is 11.8 Å². The first kappa shape index (κ1) is 30.2. The lowest BCUT2D eigenvalue weighted by Gasteiger charge is -2.40. The Labute approximate surface area is 242 Å². The monoisotopic (exact) mass is 569 g/mol. The van der Waals surface area contributed by atoms with Gasteiger partial charge in [-0.3, -0.25) is 14.4 Å². The summed E-state index contributed by atoms with van der Waals surface area (Å²) < 4.78 is 4.84. The number of anilines is 2. The third-order valence-corrected chi connectivity index (χ3v) is 10.8. The molecule has 3 aliphatic heterocycles. The summed E-state index contributed by atoms with van der Waals surface area (Å²) in [5.74, 6) is -1.90. The number of thioether (sulfide) groups is 1. The smallest absolute Gasteiger partial charge is 0.310 e. The van der Waals surface area contributed by atoms with E-state index < -0.39 is 22.6 Å². The Morgan fingerprint density at radius 3 is 2.45 bits per heavy atom. The van der Waals surface area contributed by atoms with Crippen LogP contribution in [-0.4, -0.2) is 83.2 Å². The standard InChI is InChI=1S/C31H43N3O5S/c1-6-10-19-39-30(38)25-24-20-21(5)31(40-24)26(25)28(36)34(17-11-18-35)27(31)29(37)33(16-7-2)23-14-12-22(13-15-23)32(8-3)9-4/h6-7,12-15,21,24-27,35H,1-2,8-11,16-20H2,3-5H3/t21?,24-,25+,26+,27?,31?/m1/s1. The number of esters is 1. The first-order chi connectivity index (χ1) is 19.3. The maximum atomic E-state index is 14.6. The van der Waals surface area contributed by atoms with Crippen molar-refractivity contribution in [3.63, 3.8) is 0 Å². The van der Waals surface area contributed by atoms with E-state index in [4.69, 9.17) is 4.74 Å². The van der Waals surface area contributed by atoms with E-state index in [2.05, 4.69) is 38.8 Å². The fourth-order valence-electron chi connectivity index (χ4n) is 6.92. The van der Waals surface area contributed by atoms with Crippen LogP contribution in [0.15, 0.2) is 49.6 Å². The SMILES string of the molecule is C=CCCOC(=O)[C@@H]1[C@H]2C(=O)N(CCCO)C(C(=O)N(CC=C)c3ccc(N(CC)CC)cc3)C23S[C@@H]1CC3C. The zero-order valence-electron chi connectivity index (χ0n) is 24.0. The Morgan fingerprint density at radius 2 is 1.85 bits per heavy atom. The molecule has 0 saturated carbocycles. The second-order valence-electron chi connectivity index (χ2n) is 10.8. The molecule has 1 N–H and O–H groups in total. The third-order valence-electron chi connectivity index (χ3n) is 8.74. The highest BCUT2D eigenvalue weighted by molar-refractivity contribution is 8.02. The molecule has 3 saturated heterocycles. The molecule has 4 rings (SSSR count). The largest absolute Gasteiger partial charge is 0.465 e. The van der Waals surface area contributed by atoms with Crippen molar-refractivity contribution in [3.8, 4) is 0 Å². The first-order valence-corrected chi connectivity index (χ1v) is 15.3. The molecule has 3 heterocycles. The van der Waals surface area contributed by atoms with Gasteiger partial charge in [-0.1, -0.05) is 19.1 Å². The van der Waals surface area contributed by atoms with Gasteiger partial charge in [-0.2, -0.15) is 0 Å². The summed E-state index contributed by atoms with van der Waals surface area (Å²) in [7, 11) is 0. The number of aliphatic hydroxyl groups is 1. The summed E-state index contributed by atoms with van der Waals surface area (Å²) in [6.07, 6.45) is 5.04. The fourth-order valence-corrected chi connectivity index (χ4v) is 9.32. The number of amides is 2. The van der Waals surface area contributed by atoms with Crippen LogP contribution in [0, 0.1) is 17.8 Å². The molecular weight excluding hydrogens is 526 g/mol. The van der Waals surface area contributed by atoms with Crippen molar-refractivity contribution in [2.75, 3.05) is 49.2 Å². The lowest BCUT2D eigenvalue weighted by Crippen LogP contribution is -2.57. The van der Waals surface area contributed by atoms with Crippen LogP contribution in [0.5, 0.6) is 0 Å². The zero-order valence-corrected chi connectivity index (χ0v) is 24.8. The Bertz CT molecular complexity index is 1110. The summed E-state index contributed by atoms with van der Waals surface area (Å²) in [5.41, 5.74) is 1.82. The minimum absolute atomic E-state index is 0.0531. The number of benzene rings is 1. The highest BCUT2D eigenvalue weighted by Gasteiger charge is 2.76. The van der Waals surface area contributed by atoms with E-state index in [1.807, 2.05) is 24.3 Å². The van der Waals surface area contributed by atoms with E-state index in [-0.39, 0.29) is 55.3 Å². The number of ether oxygens (including phenoxy) is 1. The predicted molar refractivity (Wildman–Crippen MR) is 160 cm³/mol. The molecule has 3 aliphatic rings.